The molecule has 0 aliphatic rings. The van der Waals surface area contributed by atoms with E-state index in [0.29, 0.717) is 10.6 Å². The number of carbonyl (C=O) groups is 1. The van der Waals surface area contributed by atoms with Gasteiger partial charge in [0.25, 0.3) is 5.91 Å². The molecule has 5 heteroatoms. The molecule has 0 aromatic heterocycles. The Morgan fingerprint density at radius 2 is 1.76 bits per heavy atom. The number of hydrogen-bond acceptors (Lipinski definition) is 3. The van der Waals surface area contributed by atoms with E-state index < -0.39 is 0 Å². The van der Waals surface area contributed by atoms with Crippen molar-refractivity contribution in [3.05, 3.63) is 70.8 Å². The highest BCUT2D eigenvalue weighted by molar-refractivity contribution is 6.41. The van der Waals surface area contributed by atoms with Gasteiger partial charge in [-0.1, -0.05) is 41.9 Å². The Bertz CT molecular complexity index is 664. The quantitative estimate of drug-likeness (QED) is 0.671. The van der Waals surface area contributed by atoms with Crippen molar-refractivity contribution < 1.29 is 9.90 Å². The Hall–Kier alpha value is -2.59. The first kappa shape index (κ1) is 14.8. The van der Waals surface area contributed by atoms with E-state index in [4.69, 9.17) is 16.7 Å². The van der Waals surface area contributed by atoms with E-state index in [1.165, 1.54) is 30.5 Å². The van der Waals surface area contributed by atoms with Crippen LogP contribution in [0.3, 0.4) is 0 Å². The second-order valence-electron chi connectivity index (χ2n) is 4.19. The number of hydrogen-bond donors (Lipinski definition) is 2. The molecular weight excluding hydrogens is 288 g/mol. The van der Waals surface area contributed by atoms with Crippen LogP contribution >= 0.6 is 11.6 Å². The summed E-state index contributed by atoms with van der Waals surface area (Å²) >= 11 is 5.99. The fraction of sp³-hybridized carbons (Fsp3) is 0. The molecule has 21 heavy (non-hydrogen) atoms. The molecule has 106 valence electrons. The van der Waals surface area contributed by atoms with Crippen molar-refractivity contribution >= 4 is 29.8 Å². The van der Waals surface area contributed by atoms with Crippen molar-refractivity contribution in [1.82, 2.24) is 5.43 Å². The normalized spacial score (nSPS) is 11.6. The van der Waals surface area contributed by atoms with Crippen LogP contribution in [0.4, 0.5) is 0 Å². The predicted molar refractivity (Wildman–Crippen MR) is 84.3 cm³/mol. The van der Waals surface area contributed by atoms with Crippen molar-refractivity contribution in [1.29, 1.82) is 0 Å². The fourth-order valence-corrected chi connectivity index (χ4v) is 1.75. The van der Waals surface area contributed by atoms with Gasteiger partial charge in [0.1, 0.15) is 5.75 Å². The van der Waals surface area contributed by atoms with Gasteiger partial charge in [-0.05, 0) is 35.9 Å². The molecule has 0 atom stereocenters. The Labute approximate surface area is 127 Å². The van der Waals surface area contributed by atoms with E-state index in [2.05, 4.69) is 10.5 Å². The standard InChI is InChI=1S/C16H13ClN2O2/c17-14(10-12-4-2-1-3-5-12)11-18-19-16(21)13-6-8-15(20)9-7-13/h1-11,20H,(H,19,21). The van der Waals surface area contributed by atoms with Gasteiger partial charge in [0.05, 0.1) is 11.2 Å². The summed E-state index contributed by atoms with van der Waals surface area (Å²) in [7, 11) is 0. The second kappa shape index (κ2) is 7.26. The summed E-state index contributed by atoms with van der Waals surface area (Å²) in [5.74, 6) is -0.278. The molecule has 0 fully saturated rings. The third kappa shape index (κ3) is 4.78. The van der Waals surface area contributed by atoms with Gasteiger partial charge < -0.3 is 5.11 Å². The third-order valence-corrected chi connectivity index (χ3v) is 2.79. The second-order valence-corrected chi connectivity index (χ2v) is 4.62. The number of rotatable bonds is 4. The van der Waals surface area contributed by atoms with Crippen molar-refractivity contribution in [3.63, 3.8) is 0 Å². The van der Waals surface area contributed by atoms with Gasteiger partial charge in [-0.25, -0.2) is 5.43 Å². The number of aromatic hydroxyl groups is 1. The smallest absolute Gasteiger partial charge is 0.271 e. The molecule has 0 aliphatic carbocycles. The average Bonchev–Trinajstić information content (AvgIpc) is 2.49. The minimum Gasteiger partial charge on any atom is -0.508 e. The molecule has 4 nitrogen and oxygen atoms in total. The van der Waals surface area contributed by atoms with Crippen molar-refractivity contribution in [2.75, 3.05) is 0 Å². The zero-order chi connectivity index (χ0) is 15.1. The minimum absolute atomic E-state index is 0.101. The van der Waals surface area contributed by atoms with Gasteiger partial charge in [-0.2, -0.15) is 5.10 Å². The molecule has 2 rings (SSSR count). The van der Waals surface area contributed by atoms with Crippen molar-refractivity contribution in [2.45, 2.75) is 0 Å². The molecular formula is C16H13ClN2O2. The summed E-state index contributed by atoms with van der Waals surface area (Å²) in [5, 5.41) is 13.3. The van der Waals surface area contributed by atoms with Gasteiger partial charge >= 0.3 is 0 Å². The Kier molecular flexibility index (Phi) is 5.12. The van der Waals surface area contributed by atoms with Crippen LogP contribution in [0.2, 0.25) is 0 Å². The number of benzene rings is 2. The zero-order valence-electron chi connectivity index (χ0n) is 11.0. The van der Waals surface area contributed by atoms with Crippen LogP contribution in [0.1, 0.15) is 15.9 Å². The van der Waals surface area contributed by atoms with Crippen LogP contribution in [-0.2, 0) is 0 Å². The van der Waals surface area contributed by atoms with Crippen LogP contribution in [-0.4, -0.2) is 17.2 Å². The van der Waals surface area contributed by atoms with E-state index in [1.807, 2.05) is 30.3 Å². The Morgan fingerprint density at radius 1 is 1.10 bits per heavy atom. The maximum Gasteiger partial charge on any atom is 0.271 e. The zero-order valence-corrected chi connectivity index (χ0v) is 11.8. The molecule has 0 saturated heterocycles. The molecule has 2 N–H and O–H groups in total. The lowest BCUT2D eigenvalue weighted by atomic mass is 10.2. The number of nitrogens with one attached hydrogen (secondary N) is 1. The number of allylic oxidation sites excluding steroid dienone is 1. The van der Waals surface area contributed by atoms with Crippen molar-refractivity contribution in [2.24, 2.45) is 5.10 Å². The first-order chi connectivity index (χ1) is 10.1. The van der Waals surface area contributed by atoms with Gasteiger partial charge in [-0.3, -0.25) is 4.79 Å². The molecule has 0 unspecified atom stereocenters. The number of phenols is 1. The summed E-state index contributed by atoms with van der Waals surface area (Å²) < 4.78 is 0. The minimum atomic E-state index is -0.379. The number of carbonyl (C=O) groups excluding carboxylic acids is 1. The largest absolute Gasteiger partial charge is 0.508 e. The number of amides is 1. The number of nitrogens with zero attached hydrogens (tertiary/aromatic N) is 1. The van der Waals surface area contributed by atoms with Gasteiger partial charge in [0.2, 0.25) is 0 Å². The highest BCUT2D eigenvalue weighted by Gasteiger charge is 2.03. The molecule has 1 amide bonds. The van der Waals surface area contributed by atoms with E-state index >= 15 is 0 Å². The summed E-state index contributed by atoms with van der Waals surface area (Å²) in [5.41, 5.74) is 3.70. The van der Waals surface area contributed by atoms with E-state index in [9.17, 15) is 4.79 Å². The molecule has 0 aliphatic heterocycles. The van der Waals surface area contributed by atoms with Crippen molar-refractivity contribution in [3.8, 4) is 5.75 Å². The SMILES string of the molecule is O=C(NN=CC(Cl)=Cc1ccccc1)c1ccc(O)cc1. The fourth-order valence-electron chi connectivity index (χ4n) is 1.58. The van der Waals surface area contributed by atoms with E-state index in [-0.39, 0.29) is 11.7 Å². The van der Waals surface area contributed by atoms with E-state index in [0.717, 1.165) is 5.56 Å². The van der Waals surface area contributed by atoms with Crippen LogP contribution in [0.15, 0.2) is 64.7 Å². The topological polar surface area (TPSA) is 61.7 Å². The van der Waals surface area contributed by atoms with Crippen LogP contribution in [0.5, 0.6) is 5.75 Å². The molecule has 2 aromatic rings. The van der Waals surface area contributed by atoms with Crippen LogP contribution in [0.25, 0.3) is 6.08 Å². The first-order valence-electron chi connectivity index (χ1n) is 6.20. The van der Waals surface area contributed by atoms with Gasteiger partial charge in [0, 0.05) is 5.56 Å². The predicted octanol–water partition coefficient (Wildman–Crippen LogP) is 3.39. The molecule has 0 heterocycles. The van der Waals surface area contributed by atoms with Gasteiger partial charge in [0.15, 0.2) is 0 Å². The highest BCUT2D eigenvalue weighted by Crippen LogP contribution is 2.10. The lowest BCUT2D eigenvalue weighted by Gasteiger charge is -1.99. The van der Waals surface area contributed by atoms with Crippen LogP contribution in [0, 0.1) is 0 Å². The monoisotopic (exact) mass is 300 g/mol. The molecule has 0 spiro atoms. The number of phenolic OH excluding ortho intramolecular Hbond substituents is 1. The summed E-state index contributed by atoms with van der Waals surface area (Å²) in [6.07, 6.45) is 3.09. The number of hydrazone groups is 1. The molecule has 0 radical (unpaired) electrons. The maximum absolute atomic E-state index is 11.7. The maximum atomic E-state index is 11.7. The Balaban J connectivity index is 1.94. The average molecular weight is 301 g/mol. The van der Waals surface area contributed by atoms with E-state index in [1.54, 1.807) is 6.08 Å². The Morgan fingerprint density at radius 3 is 2.43 bits per heavy atom. The lowest BCUT2D eigenvalue weighted by Crippen LogP contribution is -2.17. The first-order valence-corrected chi connectivity index (χ1v) is 6.57. The molecule has 0 saturated carbocycles. The summed E-state index contributed by atoms with van der Waals surface area (Å²) in [6, 6.07) is 15.4. The molecule has 0 bridgehead atoms. The lowest BCUT2D eigenvalue weighted by molar-refractivity contribution is 0.0955. The summed E-state index contributed by atoms with van der Waals surface area (Å²) in [6.45, 7) is 0. The van der Waals surface area contributed by atoms with Crippen LogP contribution < -0.4 is 5.43 Å². The number of halogens is 1. The highest BCUT2D eigenvalue weighted by atomic mass is 35.5. The summed E-state index contributed by atoms with van der Waals surface area (Å²) in [4.78, 5) is 11.7. The van der Waals surface area contributed by atoms with Gasteiger partial charge in [-0.15, -0.1) is 0 Å². The third-order valence-electron chi connectivity index (χ3n) is 2.59. The molecule has 2 aromatic carbocycles.